The fraction of sp³-hybridized carbons (Fsp3) is 0.379. The molecule has 2 aliphatic heterocycles. The smallest absolute Gasteiger partial charge is 0.261 e. The van der Waals surface area contributed by atoms with Gasteiger partial charge in [-0.3, -0.25) is 14.5 Å². The second-order valence-electron chi connectivity index (χ2n) is 9.73. The summed E-state index contributed by atoms with van der Waals surface area (Å²) in [6, 6.07) is 21.6. The maximum absolute atomic E-state index is 13.0. The van der Waals surface area contributed by atoms with Gasteiger partial charge in [0.05, 0.1) is 5.60 Å². The number of aliphatic hydroxyl groups is 1. The van der Waals surface area contributed by atoms with Crippen molar-refractivity contribution in [3.63, 3.8) is 0 Å². The van der Waals surface area contributed by atoms with Gasteiger partial charge in [0.2, 0.25) is 0 Å². The number of imide groups is 1. The van der Waals surface area contributed by atoms with Crippen LogP contribution in [0.3, 0.4) is 0 Å². The maximum Gasteiger partial charge on any atom is 0.261 e. The van der Waals surface area contributed by atoms with Crippen LogP contribution >= 0.6 is 0 Å². The van der Waals surface area contributed by atoms with Crippen LogP contribution in [0.15, 0.2) is 66.7 Å². The Hall–Kier alpha value is -3.02. The van der Waals surface area contributed by atoms with Crippen molar-refractivity contribution < 1.29 is 14.7 Å². The molecule has 0 radical (unpaired) electrons. The summed E-state index contributed by atoms with van der Waals surface area (Å²) < 4.78 is 0. The summed E-state index contributed by atoms with van der Waals surface area (Å²) in [5.41, 5.74) is 1.95. The van der Waals surface area contributed by atoms with Gasteiger partial charge < -0.3 is 10.0 Å². The van der Waals surface area contributed by atoms with Gasteiger partial charge in [0.25, 0.3) is 11.8 Å². The van der Waals surface area contributed by atoms with Crippen molar-refractivity contribution in [1.29, 1.82) is 0 Å². The molecule has 5 rings (SSSR count). The van der Waals surface area contributed by atoms with E-state index in [1.165, 1.54) is 10.5 Å². The average molecular weight is 457 g/mol. The molecule has 5 heteroatoms. The van der Waals surface area contributed by atoms with Gasteiger partial charge >= 0.3 is 0 Å². The molecule has 0 bridgehead atoms. The first-order valence-electron chi connectivity index (χ1n) is 12.4. The maximum atomic E-state index is 13.0. The third kappa shape index (κ3) is 4.63. The Morgan fingerprint density at radius 2 is 1.38 bits per heavy atom. The molecule has 5 nitrogen and oxygen atoms in total. The van der Waals surface area contributed by atoms with Crippen LogP contribution in [0.4, 0.5) is 0 Å². The van der Waals surface area contributed by atoms with Crippen LogP contribution < -0.4 is 0 Å². The van der Waals surface area contributed by atoms with Crippen molar-refractivity contribution in [2.24, 2.45) is 0 Å². The summed E-state index contributed by atoms with van der Waals surface area (Å²) in [4.78, 5) is 29.8. The first-order valence-corrected chi connectivity index (χ1v) is 12.4. The van der Waals surface area contributed by atoms with E-state index in [0.717, 1.165) is 68.9 Å². The summed E-state index contributed by atoms with van der Waals surface area (Å²) in [6.45, 7) is 3.15. The lowest BCUT2D eigenvalue weighted by atomic mass is 9.85. The Labute approximate surface area is 201 Å². The molecule has 1 saturated heterocycles. The number of carbonyl (C=O) groups excluding carboxylic acids is 2. The van der Waals surface area contributed by atoms with Crippen LogP contribution in [0.2, 0.25) is 0 Å². The van der Waals surface area contributed by atoms with E-state index in [0.29, 0.717) is 17.7 Å². The number of hydrogen-bond donors (Lipinski definition) is 1. The van der Waals surface area contributed by atoms with Crippen LogP contribution in [0.1, 0.15) is 58.4 Å². The molecule has 0 unspecified atom stereocenters. The monoisotopic (exact) mass is 456 g/mol. The minimum absolute atomic E-state index is 0.184. The lowest BCUT2D eigenvalue weighted by Gasteiger charge is -2.38. The van der Waals surface area contributed by atoms with Crippen LogP contribution in [-0.2, 0) is 6.42 Å². The second-order valence-corrected chi connectivity index (χ2v) is 9.73. The molecule has 3 aromatic carbocycles. The number of amides is 2. The van der Waals surface area contributed by atoms with Crippen LogP contribution in [0, 0.1) is 0 Å². The number of likely N-dealkylation sites (tertiary alicyclic amines) is 1. The highest BCUT2D eigenvalue weighted by Crippen LogP contribution is 2.30. The summed E-state index contributed by atoms with van der Waals surface area (Å²) in [6.07, 6.45) is 5.01. The van der Waals surface area contributed by atoms with E-state index in [1.54, 1.807) is 0 Å². The minimum atomic E-state index is -0.576. The van der Waals surface area contributed by atoms with E-state index in [9.17, 15) is 14.7 Å². The van der Waals surface area contributed by atoms with Crippen molar-refractivity contribution in [3.8, 4) is 0 Å². The van der Waals surface area contributed by atoms with E-state index in [2.05, 4.69) is 17.0 Å². The zero-order chi connectivity index (χ0) is 23.5. The van der Waals surface area contributed by atoms with E-state index in [1.807, 2.05) is 54.6 Å². The van der Waals surface area contributed by atoms with Crippen LogP contribution in [0.5, 0.6) is 0 Å². The fourth-order valence-corrected chi connectivity index (χ4v) is 5.35. The lowest BCUT2D eigenvalue weighted by Crippen LogP contribution is -2.45. The number of nitrogens with zero attached hydrogens (tertiary/aromatic N) is 2. The summed E-state index contributed by atoms with van der Waals surface area (Å²) in [7, 11) is 0. The summed E-state index contributed by atoms with van der Waals surface area (Å²) in [5.74, 6) is -0.369. The predicted molar refractivity (Wildman–Crippen MR) is 134 cm³/mol. The molecule has 1 fully saturated rings. The molecule has 2 aliphatic rings. The molecular weight excluding hydrogens is 424 g/mol. The number of benzene rings is 3. The van der Waals surface area contributed by atoms with Gasteiger partial charge in [0.1, 0.15) is 0 Å². The normalized spacial score (nSPS) is 18.0. The molecule has 2 heterocycles. The van der Waals surface area contributed by atoms with Gasteiger partial charge in [-0.05, 0) is 68.2 Å². The highest BCUT2D eigenvalue weighted by molar-refractivity contribution is 6.25. The molecule has 34 heavy (non-hydrogen) atoms. The van der Waals surface area contributed by atoms with Crippen molar-refractivity contribution in [2.75, 3.05) is 26.2 Å². The van der Waals surface area contributed by atoms with E-state index < -0.39 is 5.60 Å². The Bertz CT molecular complexity index is 1130. The molecule has 0 aromatic heterocycles. The Morgan fingerprint density at radius 3 is 2.03 bits per heavy atom. The van der Waals surface area contributed by atoms with Crippen LogP contribution in [-0.4, -0.2) is 58.5 Å². The first-order chi connectivity index (χ1) is 16.5. The number of carbonyl (C=O) groups is 2. The van der Waals surface area contributed by atoms with E-state index in [4.69, 9.17) is 0 Å². The number of unbranched alkanes of at least 4 members (excludes halogenated alkanes) is 1. The van der Waals surface area contributed by atoms with Gasteiger partial charge in [0, 0.05) is 36.1 Å². The predicted octanol–water partition coefficient (Wildman–Crippen LogP) is 4.68. The third-order valence-corrected chi connectivity index (χ3v) is 7.47. The molecule has 0 aliphatic carbocycles. The van der Waals surface area contributed by atoms with Gasteiger partial charge in [-0.2, -0.15) is 0 Å². The standard InChI is InChI=1S/C29H32N2O3/c32-27-24-12-6-10-23-11-7-13-25(26(23)24)28(33)31(27)19-5-4-18-30-20-16-29(34,17-21-30)15-14-22-8-2-1-3-9-22/h1-3,6-13,34H,4-5,14-21H2. The Morgan fingerprint density at radius 1 is 0.765 bits per heavy atom. The molecular formula is C29H32N2O3. The number of hydrogen-bond acceptors (Lipinski definition) is 4. The molecule has 176 valence electrons. The molecule has 0 saturated carbocycles. The molecule has 2 amide bonds. The number of piperidine rings is 1. The number of aryl methyl sites for hydroxylation is 1. The van der Waals surface area contributed by atoms with Crippen molar-refractivity contribution in [2.45, 2.75) is 44.1 Å². The highest BCUT2D eigenvalue weighted by Gasteiger charge is 2.33. The van der Waals surface area contributed by atoms with Crippen LogP contribution in [0.25, 0.3) is 10.8 Å². The summed E-state index contributed by atoms with van der Waals surface area (Å²) >= 11 is 0. The molecule has 1 N–H and O–H groups in total. The Balaban J connectivity index is 1.09. The molecule has 3 aromatic rings. The topological polar surface area (TPSA) is 60.9 Å². The average Bonchev–Trinajstić information content (AvgIpc) is 2.87. The van der Waals surface area contributed by atoms with Crippen molar-refractivity contribution in [3.05, 3.63) is 83.4 Å². The first kappa shape index (κ1) is 22.8. The lowest BCUT2D eigenvalue weighted by molar-refractivity contribution is -0.0275. The zero-order valence-corrected chi connectivity index (χ0v) is 19.6. The largest absolute Gasteiger partial charge is 0.390 e. The van der Waals surface area contributed by atoms with E-state index >= 15 is 0 Å². The van der Waals surface area contributed by atoms with Gasteiger partial charge in [0.15, 0.2) is 0 Å². The van der Waals surface area contributed by atoms with Gasteiger partial charge in [-0.1, -0.05) is 54.6 Å². The van der Waals surface area contributed by atoms with Crippen molar-refractivity contribution in [1.82, 2.24) is 9.80 Å². The van der Waals surface area contributed by atoms with E-state index in [-0.39, 0.29) is 11.8 Å². The molecule has 0 spiro atoms. The fourth-order valence-electron chi connectivity index (χ4n) is 5.35. The van der Waals surface area contributed by atoms with Crippen molar-refractivity contribution >= 4 is 22.6 Å². The number of rotatable bonds is 8. The Kier molecular flexibility index (Phi) is 6.48. The second kappa shape index (κ2) is 9.69. The molecule has 0 atom stereocenters. The summed E-state index contributed by atoms with van der Waals surface area (Å²) in [5, 5.41) is 12.7. The highest BCUT2D eigenvalue weighted by atomic mass is 16.3. The quantitative estimate of drug-likeness (QED) is 0.395. The SMILES string of the molecule is O=C1c2cccc3cccc(c23)C(=O)N1CCCCN1CCC(O)(CCc2ccccc2)CC1. The minimum Gasteiger partial charge on any atom is -0.390 e. The van der Waals surface area contributed by atoms with Gasteiger partial charge in [-0.25, -0.2) is 0 Å². The van der Waals surface area contributed by atoms with Gasteiger partial charge in [-0.15, -0.1) is 0 Å². The zero-order valence-electron chi connectivity index (χ0n) is 19.6. The third-order valence-electron chi connectivity index (χ3n) is 7.47.